The number of aliphatic hydroxyl groups excluding tert-OH is 2. The Kier molecular flexibility index (Phi) is 69.4. The van der Waals surface area contributed by atoms with Crippen LogP contribution < -0.4 is 5.32 Å². The van der Waals surface area contributed by atoms with Crippen LogP contribution in [-0.4, -0.2) is 47.4 Å². The molecule has 0 radical (unpaired) electrons. The molecule has 0 aliphatic carbocycles. The van der Waals surface area contributed by atoms with Crippen molar-refractivity contribution in [1.82, 2.24) is 5.32 Å². The fourth-order valence-electron chi connectivity index (χ4n) is 11.8. The predicted octanol–water partition coefficient (Wildman–Crippen LogP) is 24.1. The van der Waals surface area contributed by atoms with E-state index in [0.717, 1.165) is 44.9 Å². The number of hydrogen-bond donors (Lipinski definition) is 3. The first-order valence-electron chi connectivity index (χ1n) is 37.1. The average Bonchev–Trinajstić information content (AvgIpc) is 3.47. The standard InChI is InChI=1S/C75H145NO5/c1-3-5-7-9-11-13-15-17-19-21-37-41-45-49-53-57-61-65-69-75(80)81-70-66-62-58-54-50-46-42-38-34-32-30-28-26-24-22-23-25-27-29-31-33-36-40-44-48-52-56-60-64-68-74(79)76-72(71-77)73(78)67-63-59-55-51-47-43-39-35-20-18-16-14-12-10-8-6-4-2/h19,21,63,67,72-73,77-78H,3-18,20,22-62,64-66,68-71H2,1-2H3,(H,76,79)/b21-19-,67-63+. The molecule has 0 aromatic rings. The lowest BCUT2D eigenvalue weighted by Gasteiger charge is -2.20. The van der Waals surface area contributed by atoms with E-state index in [4.69, 9.17) is 4.74 Å². The number of nitrogens with one attached hydrogen (secondary N) is 1. The molecule has 1 amide bonds. The molecular weight excluding hydrogens is 995 g/mol. The molecule has 0 aliphatic heterocycles. The fourth-order valence-corrected chi connectivity index (χ4v) is 11.8. The maximum absolute atomic E-state index is 12.5. The van der Waals surface area contributed by atoms with E-state index in [1.165, 1.54) is 347 Å². The Bertz CT molecular complexity index is 1270. The third-order valence-corrected chi connectivity index (χ3v) is 17.5. The van der Waals surface area contributed by atoms with Gasteiger partial charge in [-0.3, -0.25) is 9.59 Å². The van der Waals surface area contributed by atoms with Crippen molar-refractivity contribution in [1.29, 1.82) is 0 Å². The lowest BCUT2D eigenvalue weighted by atomic mass is 10.0. The van der Waals surface area contributed by atoms with Crippen molar-refractivity contribution >= 4 is 11.9 Å². The number of hydrogen-bond acceptors (Lipinski definition) is 5. The SMILES string of the molecule is CCCCCCCCC/C=C\CCCCCCCCCC(=O)OCCCCCCCCCCCCCCCCCCCCCCCCCCCCCCCC(=O)NC(CO)C(O)/C=C/CCCCCCCCCCCCCCCCC. The summed E-state index contributed by atoms with van der Waals surface area (Å²) in [5, 5.41) is 23.2. The second kappa shape index (κ2) is 70.8. The van der Waals surface area contributed by atoms with Crippen LogP contribution in [0.15, 0.2) is 24.3 Å². The third kappa shape index (κ3) is 67.3. The van der Waals surface area contributed by atoms with Gasteiger partial charge in [0.15, 0.2) is 0 Å². The van der Waals surface area contributed by atoms with Crippen molar-refractivity contribution in [3.05, 3.63) is 24.3 Å². The Balaban J connectivity index is 3.34. The Hall–Kier alpha value is -1.66. The second-order valence-electron chi connectivity index (χ2n) is 25.6. The third-order valence-electron chi connectivity index (χ3n) is 17.5. The summed E-state index contributed by atoms with van der Waals surface area (Å²) < 4.78 is 5.51. The van der Waals surface area contributed by atoms with Gasteiger partial charge in [-0.05, 0) is 57.8 Å². The van der Waals surface area contributed by atoms with E-state index < -0.39 is 12.1 Å². The van der Waals surface area contributed by atoms with Gasteiger partial charge in [-0.15, -0.1) is 0 Å². The average molecular weight is 1140 g/mol. The number of carbonyl (C=O) groups is 2. The molecule has 0 aromatic heterocycles. The molecule has 0 fully saturated rings. The van der Waals surface area contributed by atoms with Gasteiger partial charge in [0.2, 0.25) is 5.91 Å². The Morgan fingerprint density at radius 2 is 0.580 bits per heavy atom. The summed E-state index contributed by atoms with van der Waals surface area (Å²) in [6.07, 6.45) is 89.9. The number of rotatable bonds is 70. The molecule has 2 unspecified atom stereocenters. The lowest BCUT2D eigenvalue weighted by molar-refractivity contribution is -0.143. The van der Waals surface area contributed by atoms with E-state index in [2.05, 4.69) is 31.3 Å². The number of amides is 1. The van der Waals surface area contributed by atoms with Crippen LogP contribution >= 0.6 is 0 Å². The Labute approximate surface area is 507 Å². The summed E-state index contributed by atoms with van der Waals surface area (Å²) in [5.74, 6) is -0.0439. The first-order valence-corrected chi connectivity index (χ1v) is 37.1. The van der Waals surface area contributed by atoms with E-state index in [9.17, 15) is 19.8 Å². The molecule has 0 spiro atoms. The number of ether oxygens (including phenoxy) is 1. The quantitative estimate of drug-likeness (QED) is 0.0320. The highest BCUT2D eigenvalue weighted by atomic mass is 16.5. The van der Waals surface area contributed by atoms with Crippen LogP contribution in [0.25, 0.3) is 0 Å². The van der Waals surface area contributed by atoms with E-state index in [1.807, 2.05) is 6.08 Å². The largest absolute Gasteiger partial charge is 0.466 e. The van der Waals surface area contributed by atoms with Gasteiger partial charge in [0.05, 0.1) is 25.4 Å². The summed E-state index contributed by atoms with van der Waals surface area (Å²) in [6, 6.07) is -0.625. The molecule has 0 saturated heterocycles. The fraction of sp³-hybridized carbons (Fsp3) is 0.920. The van der Waals surface area contributed by atoms with Crippen LogP contribution in [-0.2, 0) is 14.3 Å². The van der Waals surface area contributed by atoms with Gasteiger partial charge in [-0.1, -0.05) is 372 Å². The number of aliphatic hydroxyl groups is 2. The van der Waals surface area contributed by atoms with Crippen molar-refractivity contribution in [2.75, 3.05) is 13.2 Å². The summed E-state index contributed by atoms with van der Waals surface area (Å²) in [5.41, 5.74) is 0. The van der Waals surface area contributed by atoms with Crippen molar-refractivity contribution in [2.45, 2.75) is 431 Å². The predicted molar refractivity (Wildman–Crippen MR) is 356 cm³/mol. The van der Waals surface area contributed by atoms with Gasteiger partial charge in [0, 0.05) is 12.8 Å². The van der Waals surface area contributed by atoms with Crippen LogP contribution in [0, 0.1) is 0 Å². The molecule has 0 aromatic carbocycles. The van der Waals surface area contributed by atoms with Crippen LogP contribution in [0.4, 0.5) is 0 Å². The molecule has 0 heterocycles. The molecule has 6 nitrogen and oxygen atoms in total. The molecule has 3 N–H and O–H groups in total. The smallest absolute Gasteiger partial charge is 0.305 e. The first-order chi connectivity index (χ1) is 40.0. The van der Waals surface area contributed by atoms with Gasteiger partial charge in [0.1, 0.15) is 0 Å². The van der Waals surface area contributed by atoms with Crippen LogP contribution in [0.5, 0.6) is 0 Å². The zero-order valence-electron chi connectivity index (χ0n) is 55.0. The molecule has 6 heteroatoms. The molecule has 0 rings (SSSR count). The van der Waals surface area contributed by atoms with Crippen molar-refractivity contribution in [2.24, 2.45) is 0 Å². The topological polar surface area (TPSA) is 95.9 Å². The molecular formula is C75H145NO5. The summed E-state index contributed by atoms with van der Waals surface area (Å²) >= 11 is 0. The molecule has 480 valence electrons. The Morgan fingerprint density at radius 1 is 0.333 bits per heavy atom. The normalized spacial score (nSPS) is 12.6. The summed E-state index contributed by atoms with van der Waals surface area (Å²) in [6.45, 7) is 4.94. The minimum absolute atomic E-state index is 0.0171. The van der Waals surface area contributed by atoms with E-state index in [-0.39, 0.29) is 18.5 Å². The van der Waals surface area contributed by atoms with Crippen LogP contribution in [0.1, 0.15) is 418 Å². The molecule has 81 heavy (non-hydrogen) atoms. The first kappa shape index (κ1) is 79.3. The summed E-state index contributed by atoms with van der Waals surface area (Å²) in [4.78, 5) is 24.6. The molecule has 0 bridgehead atoms. The zero-order valence-corrected chi connectivity index (χ0v) is 55.0. The Morgan fingerprint density at radius 3 is 0.877 bits per heavy atom. The number of carbonyl (C=O) groups excluding carboxylic acids is 2. The van der Waals surface area contributed by atoms with Crippen molar-refractivity contribution < 1.29 is 24.5 Å². The monoisotopic (exact) mass is 1140 g/mol. The van der Waals surface area contributed by atoms with Crippen LogP contribution in [0.3, 0.4) is 0 Å². The van der Waals surface area contributed by atoms with Gasteiger partial charge in [-0.25, -0.2) is 0 Å². The highest BCUT2D eigenvalue weighted by Gasteiger charge is 2.18. The van der Waals surface area contributed by atoms with Gasteiger partial charge in [0.25, 0.3) is 0 Å². The number of unbranched alkanes of at least 4 members (excludes halogenated alkanes) is 57. The van der Waals surface area contributed by atoms with E-state index >= 15 is 0 Å². The van der Waals surface area contributed by atoms with Gasteiger partial charge >= 0.3 is 5.97 Å². The zero-order chi connectivity index (χ0) is 58.5. The molecule has 0 aliphatic rings. The van der Waals surface area contributed by atoms with Crippen molar-refractivity contribution in [3.63, 3.8) is 0 Å². The van der Waals surface area contributed by atoms with Crippen molar-refractivity contribution in [3.8, 4) is 0 Å². The lowest BCUT2D eigenvalue weighted by Crippen LogP contribution is -2.45. The van der Waals surface area contributed by atoms with Gasteiger partial charge in [-0.2, -0.15) is 0 Å². The minimum atomic E-state index is -0.842. The molecule has 0 saturated carbocycles. The highest BCUT2D eigenvalue weighted by Crippen LogP contribution is 2.19. The summed E-state index contributed by atoms with van der Waals surface area (Å²) in [7, 11) is 0. The minimum Gasteiger partial charge on any atom is -0.466 e. The molecule has 2 atom stereocenters. The van der Waals surface area contributed by atoms with E-state index in [1.54, 1.807) is 6.08 Å². The second-order valence-corrected chi connectivity index (χ2v) is 25.6. The highest BCUT2D eigenvalue weighted by molar-refractivity contribution is 5.76. The number of esters is 1. The van der Waals surface area contributed by atoms with Gasteiger partial charge < -0.3 is 20.3 Å². The van der Waals surface area contributed by atoms with E-state index in [0.29, 0.717) is 19.4 Å². The number of allylic oxidation sites excluding steroid dienone is 3. The maximum atomic E-state index is 12.5. The maximum Gasteiger partial charge on any atom is 0.305 e. The van der Waals surface area contributed by atoms with Crippen LogP contribution in [0.2, 0.25) is 0 Å².